The van der Waals surface area contributed by atoms with Crippen LogP contribution in [-0.4, -0.2) is 29.1 Å². The van der Waals surface area contributed by atoms with Crippen LogP contribution in [0.3, 0.4) is 0 Å². The number of aryl methyl sites for hydroxylation is 1. The number of carbonyl (C=O) groups excluding carboxylic acids is 1. The highest BCUT2D eigenvalue weighted by atomic mass is 35.5. The second-order valence-electron chi connectivity index (χ2n) is 6.11. The fourth-order valence-corrected chi connectivity index (χ4v) is 2.65. The fourth-order valence-electron chi connectivity index (χ4n) is 2.43. The second kappa shape index (κ2) is 8.72. The molecule has 2 rings (SSSR count). The third-order valence-electron chi connectivity index (χ3n) is 3.98. The van der Waals surface area contributed by atoms with Gasteiger partial charge in [-0.1, -0.05) is 29.8 Å². The van der Waals surface area contributed by atoms with E-state index in [1.807, 2.05) is 19.1 Å². The summed E-state index contributed by atoms with van der Waals surface area (Å²) in [5, 5.41) is 12.5. The summed E-state index contributed by atoms with van der Waals surface area (Å²) in [5.41, 5.74) is 1.39. The van der Waals surface area contributed by atoms with E-state index >= 15 is 0 Å². The van der Waals surface area contributed by atoms with Gasteiger partial charge >= 0.3 is 6.03 Å². The Morgan fingerprint density at radius 2 is 1.96 bits per heavy atom. The largest absolute Gasteiger partial charge is 0.508 e. The first-order valence-corrected chi connectivity index (χ1v) is 8.47. The lowest BCUT2D eigenvalue weighted by molar-refractivity contribution is 0.202. The third-order valence-corrected chi connectivity index (χ3v) is 4.33. The maximum Gasteiger partial charge on any atom is 0.317 e. The van der Waals surface area contributed by atoms with Crippen molar-refractivity contribution in [3.63, 3.8) is 0 Å². The molecule has 2 N–H and O–H groups in total. The van der Waals surface area contributed by atoms with Gasteiger partial charge in [0.05, 0.1) is 6.54 Å². The van der Waals surface area contributed by atoms with Gasteiger partial charge in [-0.05, 0) is 49.6 Å². The normalized spacial score (nSPS) is 11.8. The average molecular weight is 365 g/mol. The molecule has 6 heteroatoms. The highest BCUT2D eigenvalue weighted by Gasteiger charge is 2.16. The molecule has 2 aromatic rings. The van der Waals surface area contributed by atoms with E-state index in [4.69, 9.17) is 11.6 Å². The first-order valence-electron chi connectivity index (χ1n) is 8.09. The summed E-state index contributed by atoms with van der Waals surface area (Å²) in [5.74, 6) is -0.189. The van der Waals surface area contributed by atoms with Crippen LogP contribution < -0.4 is 5.32 Å². The summed E-state index contributed by atoms with van der Waals surface area (Å²) < 4.78 is 13.8. The summed E-state index contributed by atoms with van der Waals surface area (Å²) in [6.07, 6.45) is 1.54. The standard InChI is InChI=1S/C19H22ClFN2O2/c1-13(6-7-14-8-10-15(24)11-9-14)22-19(25)23(2)12-16-17(20)4-3-5-18(16)21/h3-5,8-11,13,24H,6-7,12H2,1-2H3,(H,22,25). The van der Waals surface area contributed by atoms with Gasteiger partial charge in [0.2, 0.25) is 0 Å². The van der Waals surface area contributed by atoms with E-state index in [0.29, 0.717) is 10.6 Å². The van der Waals surface area contributed by atoms with E-state index in [9.17, 15) is 14.3 Å². The van der Waals surface area contributed by atoms with Gasteiger partial charge in [0.1, 0.15) is 11.6 Å². The highest BCUT2D eigenvalue weighted by molar-refractivity contribution is 6.31. The number of carbonyl (C=O) groups is 1. The van der Waals surface area contributed by atoms with Crippen molar-refractivity contribution in [2.45, 2.75) is 32.4 Å². The maximum atomic E-state index is 13.8. The van der Waals surface area contributed by atoms with Gasteiger partial charge in [0, 0.05) is 23.7 Å². The number of aromatic hydroxyl groups is 1. The molecular formula is C19H22ClFN2O2. The van der Waals surface area contributed by atoms with Crippen LogP contribution in [0.15, 0.2) is 42.5 Å². The Labute approximate surface area is 152 Å². The molecule has 0 saturated heterocycles. The summed E-state index contributed by atoms with van der Waals surface area (Å²) in [7, 11) is 1.60. The Balaban J connectivity index is 1.84. The SMILES string of the molecule is CC(CCc1ccc(O)cc1)NC(=O)N(C)Cc1c(F)cccc1Cl. The monoisotopic (exact) mass is 364 g/mol. The molecule has 2 amide bonds. The number of nitrogens with zero attached hydrogens (tertiary/aromatic N) is 1. The molecule has 1 unspecified atom stereocenters. The first kappa shape index (κ1) is 19.1. The molecule has 0 aliphatic carbocycles. The molecule has 0 aliphatic heterocycles. The average Bonchev–Trinajstić information content (AvgIpc) is 2.57. The molecule has 0 spiro atoms. The molecule has 0 aliphatic rings. The van der Waals surface area contributed by atoms with E-state index in [1.165, 1.54) is 17.0 Å². The van der Waals surface area contributed by atoms with Crippen LogP contribution >= 0.6 is 11.6 Å². The van der Waals surface area contributed by atoms with Crippen molar-refractivity contribution in [3.8, 4) is 5.75 Å². The number of nitrogens with one attached hydrogen (secondary N) is 1. The summed E-state index contributed by atoms with van der Waals surface area (Å²) >= 11 is 6.00. The molecule has 25 heavy (non-hydrogen) atoms. The van der Waals surface area contributed by atoms with E-state index in [1.54, 1.807) is 25.2 Å². The Morgan fingerprint density at radius 1 is 1.28 bits per heavy atom. The minimum absolute atomic E-state index is 0.0418. The lowest BCUT2D eigenvalue weighted by atomic mass is 10.1. The number of benzene rings is 2. The maximum absolute atomic E-state index is 13.8. The van der Waals surface area contributed by atoms with Gasteiger partial charge in [-0.3, -0.25) is 0 Å². The number of phenols is 1. The quantitative estimate of drug-likeness (QED) is 0.800. The molecule has 0 radical (unpaired) electrons. The van der Waals surface area contributed by atoms with Crippen LogP contribution in [0.4, 0.5) is 9.18 Å². The lowest BCUT2D eigenvalue weighted by Gasteiger charge is -2.22. The number of urea groups is 1. The summed E-state index contributed by atoms with van der Waals surface area (Å²) in [4.78, 5) is 13.7. The summed E-state index contributed by atoms with van der Waals surface area (Å²) in [6.45, 7) is 2.02. The van der Waals surface area contributed by atoms with E-state index < -0.39 is 5.82 Å². The smallest absolute Gasteiger partial charge is 0.317 e. The Kier molecular flexibility index (Phi) is 6.65. The number of rotatable bonds is 6. The van der Waals surface area contributed by atoms with Gasteiger partial charge in [-0.25, -0.2) is 9.18 Å². The van der Waals surface area contributed by atoms with Gasteiger partial charge in [-0.15, -0.1) is 0 Å². The van der Waals surface area contributed by atoms with E-state index in [0.717, 1.165) is 18.4 Å². The van der Waals surface area contributed by atoms with E-state index in [-0.39, 0.29) is 24.4 Å². The van der Waals surface area contributed by atoms with Crippen molar-refractivity contribution in [3.05, 3.63) is 64.4 Å². The van der Waals surface area contributed by atoms with Gasteiger partial charge < -0.3 is 15.3 Å². The first-order chi connectivity index (χ1) is 11.9. The van der Waals surface area contributed by atoms with Crippen LogP contribution in [0.2, 0.25) is 5.02 Å². The zero-order valence-electron chi connectivity index (χ0n) is 14.3. The highest BCUT2D eigenvalue weighted by Crippen LogP contribution is 2.20. The zero-order valence-corrected chi connectivity index (χ0v) is 15.1. The molecule has 0 aromatic heterocycles. The van der Waals surface area contributed by atoms with Gasteiger partial charge in [0.15, 0.2) is 0 Å². The number of amides is 2. The Hall–Kier alpha value is -2.27. The molecular weight excluding hydrogens is 343 g/mol. The Bertz CT molecular complexity index is 702. The van der Waals surface area contributed by atoms with Crippen LogP contribution in [0, 0.1) is 5.82 Å². The van der Waals surface area contributed by atoms with Gasteiger partial charge in [0.25, 0.3) is 0 Å². The van der Waals surface area contributed by atoms with Crippen LogP contribution in [0.25, 0.3) is 0 Å². The molecule has 0 fully saturated rings. The van der Waals surface area contributed by atoms with Crippen molar-refractivity contribution in [1.29, 1.82) is 0 Å². The lowest BCUT2D eigenvalue weighted by Crippen LogP contribution is -2.41. The zero-order chi connectivity index (χ0) is 18.4. The molecule has 2 aromatic carbocycles. The van der Waals surface area contributed by atoms with Crippen molar-refractivity contribution in [2.75, 3.05) is 7.05 Å². The van der Waals surface area contributed by atoms with Crippen LogP contribution in [0.5, 0.6) is 5.75 Å². The molecule has 0 bridgehead atoms. The van der Waals surface area contributed by atoms with E-state index in [2.05, 4.69) is 5.32 Å². The number of hydrogen-bond donors (Lipinski definition) is 2. The fraction of sp³-hybridized carbons (Fsp3) is 0.316. The molecule has 134 valence electrons. The number of halogens is 2. The van der Waals surface area contributed by atoms with Crippen molar-refractivity contribution in [1.82, 2.24) is 10.2 Å². The predicted octanol–water partition coefficient (Wildman–Crippen LogP) is 4.35. The second-order valence-corrected chi connectivity index (χ2v) is 6.52. The number of phenolic OH excluding ortho intramolecular Hbond substituents is 1. The molecule has 0 saturated carbocycles. The predicted molar refractivity (Wildman–Crippen MR) is 97.3 cm³/mol. The number of hydrogen-bond acceptors (Lipinski definition) is 2. The van der Waals surface area contributed by atoms with Crippen molar-refractivity contribution in [2.24, 2.45) is 0 Å². The minimum atomic E-state index is -0.424. The third kappa shape index (κ3) is 5.64. The molecule has 0 heterocycles. The van der Waals surface area contributed by atoms with Crippen LogP contribution in [0.1, 0.15) is 24.5 Å². The van der Waals surface area contributed by atoms with Crippen LogP contribution in [-0.2, 0) is 13.0 Å². The molecule has 4 nitrogen and oxygen atoms in total. The molecule has 1 atom stereocenters. The summed E-state index contributed by atoms with van der Waals surface area (Å²) in [6, 6.07) is 11.1. The van der Waals surface area contributed by atoms with Crippen molar-refractivity contribution < 1.29 is 14.3 Å². The van der Waals surface area contributed by atoms with Crippen molar-refractivity contribution >= 4 is 17.6 Å². The van der Waals surface area contributed by atoms with Gasteiger partial charge in [-0.2, -0.15) is 0 Å². The minimum Gasteiger partial charge on any atom is -0.508 e. The topological polar surface area (TPSA) is 52.6 Å². The Morgan fingerprint density at radius 3 is 2.60 bits per heavy atom.